The van der Waals surface area contributed by atoms with Gasteiger partial charge in [-0.2, -0.15) is 4.31 Å². The number of hydrogen-bond donors (Lipinski definition) is 1. The third kappa shape index (κ3) is 6.24. The summed E-state index contributed by atoms with van der Waals surface area (Å²) in [5.41, 5.74) is 2.06. The molecule has 35 heavy (non-hydrogen) atoms. The van der Waals surface area contributed by atoms with Crippen LogP contribution in [0.3, 0.4) is 0 Å². The lowest BCUT2D eigenvalue weighted by molar-refractivity contribution is 0.0697. The fourth-order valence-corrected chi connectivity index (χ4v) is 5.10. The molecule has 1 aromatic carbocycles. The average Bonchev–Trinajstić information content (AvgIpc) is 2.87. The molecule has 0 aliphatic carbocycles. The molecule has 0 bridgehead atoms. The molecule has 1 aliphatic rings. The van der Waals surface area contributed by atoms with Gasteiger partial charge in [-0.3, -0.25) is 14.8 Å². The lowest BCUT2D eigenvalue weighted by Crippen LogP contribution is -2.50. The highest BCUT2D eigenvalue weighted by atomic mass is 32.2. The lowest BCUT2D eigenvalue weighted by atomic mass is 10.1. The Kier molecular flexibility index (Phi) is 7.41. The zero-order chi connectivity index (χ0) is 24.7. The van der Waals surface area contributed by atoms with Crippen LogP contribution in [0.5, 0.6) is 5.75 Å². The number of aromatic nitrogens is 2. The fraction of sp³-hybridized carbons (Fsp3) is 0.192. The Morgan fingerprint density at radius 3 is 2.43 bits per heavy atom. The first-order chi connectivity index (χ1) is 16.9. The maximum atomic E-state index is 13.1. The zero-order valence-corrected chi connectivity index (χ0v) is 19.6. The van der Waals surface area contributed by atoms with E-state index in [9.17, 15) is 18.3 Å². The number of rotatable bonds is 4. The van der Waals surface area contributed by atoms with Crippen molar-refractivity contribution in [2.75, 3.05) is 26.2 Å². The van der Waals surface area contributed by atoms with Crippen molar-refractivity contribution in [2.24, 2.45) is 0 Å². The van der Waals surface area contributed by atoms with Crippen LogP contribution in [0.2, 0.25) is 0 Å². The maximum absolute atomic E-state index is 13.1. The van der Waals surface area contributed by atoms with E-state index in [2.05, 4.69) is 33.6 Å². The van der Waals surface area contributed by atoms with Gasteiger partial charge < -0.3 is 10.0 Å². The van der Waals surface area contributed by atoms with Gasteiger partial charge in [-0.1, -0.05) is 42.2 Å². The maximum Gasteiger partial charge on any atom is 0.256 e. The van der Waals surface area contributed by atoms with Gasteiger partial charge in [0.25, 0.3) is 5.91 Å². The van der Waals surface area contributed by atoms with Crippen molar-refractivity contribution in [2.45, 2.75) is 5.75 Å². The van der Waals surface area contributed by atoms with Gasteiger partial charge in [-0.25, -0.2) is 8.42 Å². The molecule has 9 heteroatoms. The summed E-state index contributed by atoms with van der Waals surface area (Å²) in [7, 11) is -3.47. The van der Waals surface area contributed by atoms with Crippen LogP contribution in [-0.4, -0.2) is 64.8 Å². The Labute approximate surface area is 204 Å². The summed E-state index contributed by atoms with van der Waals surface area (Å²) in [5, 5.41) is 9.44. The van der Waals surface area contributed by atoms with Crippen molar-refractivity contribution < 1.29 is 18.3 Å². The monoisotopic (exact) mass is 486 g/mol. The van der Waals surface area contributed by atoms with Gasteiger partial charge in [0.15, 0.2) is 0 Å². The molecule has 1 N–H and O–H groups in total. The normalized spacial score (nSPS) is 13.8. The van der Waals surface area contributed by atoms with Gasteiger partial charge in [-0.05, 0) is 29.5 Å². The van der Waals surface area contributed by atoms with Crippen molar-refractivity contribution in [1.29, 1.82) is 0 Å². The summed E-state index contributed by atoms with van der Waals surface area (Å²) in [6.07, 6.45) is 5.82. The summed E-state index contributed by atoms with van der Waals surface area (Å²) < 4.78 is 27.0. The lowest BCUT2D eigenvalue weighted by Gasteiger charge is -2.34. The number of benzene rings is 1. The molecule has 2 aromatic heterocycles. The Morgan fingerprint density at radius 2 is 1.69 bits per heavy atom. The van der Waals surface area contributed by atoms with Crippen LogP contribution < -0.4 is 0 Å². The summed E-state index contributed by atoms with van der Waals surface area (Å²) in [5.74, 6) is 10.7. The van der Waals surface area contributed by atoms with E-state index >= 15 is 0 Å². The predicted octanol–water partition coefficient (Wildman–Crippen LogP) is 1.87. The first-order valence-corrected chi connectivity index (χ1v) is 12.4. The molecule has 0 unspecified atom stereocenters. The summed E-state index contributed by atoms with van der Waals surface area (Å²) in [6.45, 7) is 1.01. The molecule has 0 atom stereocenters. The number of aromatic hydroxyl groups is 1. The molecule has 4 rings (SSSR count). The number of sulfonamides is 1. The highest BCUT2D eigenvalue weighted by Gasteiger charge is 2.30. The molecule has 176 valence electrons. The average molecular weight is 487 g/mol. The second-order valence-corrected chi connectivity index (χ2v) is 9.76. The molecular weight excluding hydrogens is 464 g/mol. The molecule has 1 aliphatic heterocycles. The van der Waals surface area contributed by atoms with Gasteiger partial charge in [-0.15, -0.1) is 0 Å². The number of hydrogen-bond acceptors (Lipinski definition) is 6. The highest BCUT2D eigenvalue weighted by molar-refractivity contribution is 7.88. The second-order valence-electron chi connectivity index (χ2n) is 7.79. The summed E-state index contributed by atoms with van der Waals surface area (Å²) in [4.78, 5) is 22.7. The fourth-order valence-electron chi connectivity index (χ4n) is 3.59. The SMILES string of the molecule is O=C(c1cnccc1C#CC#Cc1cncc(O)c1)N1CCN(S(=O)(=O)Cc2ccccc2)CC1. The standard InChI is InChI=1S/C26H22N4O4S/c31-24-16-22(17-28-18-24)8-4-5-9-23-10-11-27-19-25(23)26(32)29-12-14-30(15-13-29)35(33,34)20-21-6-2-1-3-7-21/h1-3,6-7,10-11,16-19,31H,12-15,20H2. The van der Waals surface area contributed by atoms with Crippen LogP contribution in [-0.2, 0) is 15.8 Å². The van der Waals surface area contributed by atoms with Crippen molar-refractivity contribution in [3.63, 3.8) is 0 Å². The van der Waals surface area contributed by atoms with Crippen LogP contribution in [0.4, 0.5) is 0 Å². The molecule has 3 aromatic rings. The molecule has 0 radical (unpaired) electrons. The number of carbonyl (C=O) groups is 1. The van der Waals surface area contributed by atoms with Crippen molar-refractivity contribution >= 4 is 15.9 Å². The number of carbonyl (C=O) groups excluding carboxylic acids is 1. The van der Waals surface area contributed by atoms with Gasteiger partial charge in [0, 0.05) is 55.9 Å². The minimum Gasteiger partial charge on any atom is -0.506 e. The number of amides is 1. The molecule has 8 nitrogen and oxygen atoms in total. The van der Waals surface area contributed by atoms with E-state index in [1.54, 1.807) is 29.3 Å². The second kappa shape index (κ2) is 10.8. The van der Waals surface area contributed by atoms with E-state index in [1.807, 2.05) is 18.2 Å². The quantitative estimate of drug-likeness (QED) is 0.565. The molecule has 0 saturated carbocycles. The van der Waals surface area contributed by atoms with E-state index in [-0.39, 0.29) is 43.6 Å². The van der Waals surface area contributed by atoms with Crippen molar-refractivity contribution in [1.82, 2.24) is 19.2 Å². The van der Waals surface area contributed by atoms with Crippen LogP contribution in [0.1, 0.15) is 27.0 Å². The Balaban J connectivity index is 1.42. The molecule has 1 saturated heterocycles. The number of pyridine rings is 2. The van der Waals surface area contributed by atoms with Crippen molar-refractivity contribution in [3.05, 3.63) is 89.5 Å². The van der Waals surface area contributed by atoms with E-state index in [0.29, 0.717) is 16.7 Å². The first kappa shape index (κ1) is 24.0. The third-order valence-electron chi connectivity index (χ3n) is 5.35. The zero-order valence-electron chi connectivity index (χ0n) is 18.8. The minimum atomic E-state index is -3.47. The number of piperazine rings is 1. The topological polar surface area (TPSA) is 104 Å². The largest absolute Gasteiger partial charge is 0.506 e. The van der Waals surface area contributed by atoms with Gasteiger partial charge in [0.1, 0.15) is 5.75 Å². The molecular formula is C26H22N4O4S. The summed E-state index contributed by atoms with van der Waals surface area (Å²) in [6, 6.07) is 12.1. The molecule has 1 fully saturated rings. The predicted molar refractivity (Wildman–Crippen MR) is 130 cm³/mol. The molecule has 0 spiro atoms. The summed E-state index contributed by atoms with van der Waals surface area (Å²) >= 11 is 0. The van der Waals surface area contributed by atoms with E-state index < -0.39 is 10.0 Å². The molecule has 1 amide bonds. The molecule has 3 heterocycles. The van der Waals surface area contributed by atoms with Crippen LogP contribution in [0.15, 0.2) is 67.3 Å². The van der Waals surface area contributed by atoms with E-state index in [4.69, 9.17) is 0 Å². The first-order valence-electron chi connectivity index (χ1n) is 10.8. The van der Waals surface area contributed by atoms with Crippen LogP contribution >= 0.6 is 0 Å². The Hall–Kier alpha value is -4.18. The minimum absolute atomic E-state index is 0.0136. The Morgan fingerprint density at radius 1 is 0.943 bits per heavy atom. The van der Waals surface area contributed by atoms with Gasteiger partial charge in [0.2, 0.25) is 10.0 Å². The van der Waals surface area contributed by atoms with Crippen molar-refractivity contribution in [3.8, 4) is 29.4 Å². The Bertz CT molecular complexity index is 1440. The number of nitrogens with zero attached hydrogens (tertiary/aromatic N) is 4. The van der Waals surface area contributed by atoms with Crippen LogP contribution in [0.25, 0.3) is 0 Å². The smallest absolute Gasteiger partial charge is 0.256 e. The van der Waals surface area contributed by atoms with E-state index in [1.165, 1.54) is 29.0 Å². The third-order valence-corrected chi connectivity index (χ3v) is 7.20. The van der Waals surface area contributed by atoms with Gasteiger partial charge in [0.05, 0.1) is 17.5 Å². The van der Waals surface area contributed by atoms with Crippen LogP contribution in [0, 0.1) is 23.7 Å². The van der Waals surface area contributed by atoms with Gasteiger partial charge >= 0.3 is 0 Å². The highest BCUT2D eigenvalue weighted by Crippen LogP contribution is 2.16. The van der Waals surface area contributed by atoms with E-state index in [0.717, 1.165) is 5.56 Å².